The lowest BCUT2D eigenvalue weighted by Crippen LogP contribution is -2.34. The Balaban J connectivity index is 1.86. The van der Waals surface area contributed by atoms with Crippen LogP contribution in [0.2, 0.25) is 0 Å². The smallest absolute Gasteiger partial charge is 0.275 e. The van der Waals surface area contributed by atoms with Crippen molar-refractivity contribution in [2.45, 2.75) is 6.92 Å². The van der Waals surface area contributed by atoms with Crippen molar-refractivity contribution in [2.24, 2.45) is 23.8 Å². The fourth-order valence-electron chi connectivity index (χ4n) is 2.57. The summed E-state index contributed by atoms with van der Waals surface area (Å²) in [5.41, 5.74) is 5.63. The number of anilines is 1. The minimum Gasteiger partial charge on any atom is -0.321 e. The minimum atomic E-state index is -0.345. The third-order valence-electron chi connectivity index (χ3n) is 3.98. The van der Waals surface area contributed by atoms with Crippen LogP contribution in [0.3, 0.4) is 0 Å². The minimum absolute atomic E-state index is 0.263. The Morgan fingerprint density at radius 1 is 1.22 bits per heavy atom. The molecule has 0 saturated heterocycles. The molecule has 0 bridgehead atoms. The summed E-state index contributed by atoms with van der Waals surface area (Å²) in [5, 5.41) is 10.6. The summed E-state index contributed by atoms with van der Waals surface area (Å²) in [4.78, 5) is 20.8. The fraction of sp³-hybridized carbons (Fsp3) is 0.118. The number of nitrogens with zero attached hydrogens (tertiary/aromatic N) is 5. The van der Waals surface area contributed by atoms with E-state index < -0.39 is 0 Å². The molecule has 0 aliphatic rings. The van der Waals surface area contributed by atoms with Crippen LogP contribution in [0, 0.1) is 6.92 Å². The van der Waals surface area contributed by atoms with E-state index in [4.69, 9.17) is 11.7 Å². The molecule has 27 heavy (non-hydrogen) atoms. The van der Waals surface area contributed by atoms with Crippen LogP contribution in [-0.4, -0.2) is 31.5 Å². The van der Waals surface area contributed by atoms with Gasteiger partial charge in [0.1, 0.15) is 17.2 Å². The Morgan fingerprint density at radius 2 is 2.04 bits per heavy atom. The summed E-state index contributed by atoms with van der Waals surface area (Å²) in [7, 11) is 1.74. The zero-order chi connectivity index (χ0) is 19.4. The van der Waals surface area contributed by atoms with Gasteiger partial charge in [0.05, 0.1) is 6.20 Å². The predicted octanol–water partition coefficient (Wildman–Crippen LogP) is 0.521. The van der Waals surface area contributed by atoms with Gasteiger partial charge in [-0.15, -0.1) is 0 Å². The molecule has 0 radical (unpaired) electrons. The molecule has 0 aliphatic heterocycles. The zero-order valence-corrected chi connectivity index (χ0v) is 14.8. The average molecular weight is 365 g/mol. The molecule has 3 aromatic heterocycles. The van der Waals surface area contributed by atoms with Crippen LogP contribution in [0.4, 0.5) is 5.82 Å². The molecule has 0 unspecified atom stereocenters. The molecule has 0 atom stereocenters. The molecule has 138 valence electrons. The molecule has 0 aliphatic carbocycles. The second-order valence-corrected chi connectivity index (χ2v) is 5.71. The van der Waals surface area contributed by atoms with E-state index in [-0.39, 0.29) is 17.4 Å². The first kappa shape index (κ1) is 18.0. The molecular weight excluding hydrogens is 346 g/mol. The first-order chi connectivity index (χ1) is 13.0. The molecule has 1 amide bonds. The number of hydrogen-bond acceptors (Lipinski definition) is 7. The molecule has 10 heteroatoms. The maximum Gasteiger partial charge on any atom is 0.275 e. The van der Waals surface area contributed by atoms with Crippen molar-refractivity contribution in [3.05, 3.63) is 59.8 Å². The van der Waals surface area contributed by atoms with E-state index in [1.165, 1.54) is 0 Å². The highest BCUT2D eigenvalue weighted by Gasteiger charge is 2.17. The lowest BCUT2D eigenvalue weighted by molar-refractivity contribution is 0.102. The van der Waals surface area contributed by atoms with Crippen LogP contribution in [0.25, 0.3) is 11.1 Å². The second-order valence-electron chi connectivity index (χ2n) is 5.71. The Labute approximate surface area is 155 Å². The van der Waals surface area contributed by atoms with Crippen molar-refractivity contribution >= 4 is 17.6 Å². The van der Waals surface area contributed by atoms with E-state index in [1.54, 1.807) is 48.5 Å². The highest BCUT2D eigenvalue weighted by atomic mass is 16.1. The van der Waals surface area contributed by atoms with Crippen LogP contribution in [0.1, 0.15) is 21.7 Å². The number of aromatic nitrogens is 4. The fourth-order valence-corrected chi connectivity index (χ4v) is 2.57. The molecular formula is C17H19N9O. The van der Waals surface area contributed by atoms with Crippen LogP contribution < -0.4 is 22.4 Å². The number of hydrogen-bond donors (Lipinski definition) is 4. The highest BCUT2D eigenvalue weighted by Crippen LogP contribution is 2.23. The summed E-state index contributed by atoms with van der Waals surface area (Å²) in [5.74, 6) is 11.3. The Bertz CT molecular complexity index is 992. The van der Waals surface area contributed by atoms with E-state index in [2.05, 4.69) is 30.9 Å². The number of aryl methyl sites for hydroxylation is 2. The van der Waals surface area contributed by atoms with Gasteiger partial charge in [-0.2, -0.15) is 10.2 Å². The molecule has 0 aromatic carbocycles. The molecule has 3 heterocycles. The van der Waals surface area contributed by atoms with Gasteiger partial charge >= 0.3 is 0 Å². The normalized spacial score (nSPS) is 11.3. The Hall–Kier alpha value is -3.79. The van der Waals surface area contributed by atoms with Crippen LogP contribution >= 0.6 is 0 Å². The molecule has 3 rings (SSSR count). The summed E-state index contributed by atoms with van der Waals surface area (Å²) in [6.45, 7) is 1.87. The van der Waals surface area contributed by atoms with E-state index in [9.17, 15) is 4.79 Å². The van der Waals surface area contributed by atoms with Gasteiger partial charge in [-0.3, -0.25) is 14.5 Å². The molecule has 0 spiro atoms. The maximum atomic E-state index is 12.4. The number of rotatable bonds is 4. The van der Waals surface area contributed by atoms with Crippen molar-refractivity contribution in [3.8, 4) is 11.1 Å². The third kappa shape index (κ3) is 3.60. The number of carbonyl (C=O) groups excluding carboxylic acids is 1. The van der Waals surface area contributed by atoms with Gasteiger partial charge in [0.15, 0.2) is 5.84 Å². The monoisotopic (exact) mass is 365 g/mol. The van der Waals surface area contributed by atoms with Crippen molar-refractivity contribution in [3.63, 3.8) is 0 Å². The van der Waals surface area contributed by atoms with Crippen LogP contribution in [0.15, 0.2) is 48.0 Å². The van der Waals surface area contributed by atoms with Crippen molar-refractivity contribution in [2.75, 3.05) is 5.32 Å². The number of hydrazine groups is 1. The number of carbonyl (C=O) groups is 1. The highest BCUT2D eigenvalue weighted by molar-refractivity contribution is 6.04. The Kier molecular flexibility index (Phi) is 5.08. The third-order valence-corrected chi connectivity index (χ3v) is 3.98. The van der Waals surface area contributed by atoms with E-state index in [1.807, 2.05) is 13.0 Å². The van der Waals surface area contributed by atoms with Crippen molar-refractivity contribution in [1.82, 2.24) is 25.2 Å². The summed E-state index contributed by atoms with van der Waals surface area (Å²) in [6.07, 6.45) is 4.84. The summed E-state index contributed by atoms with van der Waals surface area (Å²) >= 11 is 0. The number of pyridine rings is 2. The predicted molar refractivity (Wildman–Crippen MR) is 101 cm³/mol. The quantitative estimate of drug-likeness (QED) is 0.228. The van der Waals surface area contributed by atoms with E-state index >= 15 is 0 Å². The van der Waals surface area contributed by atoms with Gasteiger partial charge in [-0.1, -0.05) is 12.1 Å². The topological polar surface area (TPSA) is 149 Å². The van der Waals surface area contributed by atoms with E-state index in [0.717, 1.165) is 16.7 Å². The van der Waals surface area contributed by atoms with Gasteiger partial charge in [-0.05, 0) is 24.6 Å². The molecule has 0 fully saturated rings. The zero-order valence-electron chi connectivity index (χ0n) is 14.8. The number of amidine groups is 1. The standard InChI is InChI=1S/C17H19N9O/c1-10-4-3-7-20-15(10)23-17(27)13-6-5-11(8-21-13)12-9-22-26(2)14(12)16(24-18)25-19/h3-9H,18-19H2,1-2H3,(H,24,25)(H,20,23,27). The van der Waals surface area contributed by atoms with Crippen molar-refractivity contribution in [1.29, 1.82) is 0 Å². The van der Waals surface area contributed by atoms with Gasteiger partial charge in [0.2, 0.25) is 0 Å². The maximum absolute atomic E-state index is 12.4. The Morgan fingerprint density at radius 3 is 2.67 bits per heavy atom. The molecule has 6 N–H and O–H groups in total. The number of amides is 1. The largest absolute Gasteiger partial charge is 0.321 e. The first-order valence-electron chi connectivity index (χ1n) is 8.01. The summed E-state index contributed by atoms with van der Waals surface area (Å²) in [6, 6.07) is 7.05. The van der Waals surface area contributed by atoms with Gasteiger partial charge in [0.25, 0.3) is 5.91 Å². The van der Waals surface area contributed by atoms with Gasteiger partial charge in [0, 0.05) is 30.6 Å². The second kappa shape index (κ2) is 7.62. The molecule has 0 saturated carbocycles. The number of nitrogens with two attached hydrogens (primary N) is 2. The summed E-state index contributed by atoms with van der Waals surface area (Å²) < 4.78 is 1.59. The molecule has 10 nitrogen and oxygen atoms in total. The first-order valence-corrected chi connectivity index (χ1v) is 8.01. The molecule has 3 aromatic rings. The average Bonchev–Trinajstić information content (AvgIpc) is 3.06. The van der Waals surface area contributed by atoms with Gasteiger partial charge in [-0.25, -0.2) is 10.8 Å². The SMILES string of the molecule is Cc1cccnc1NC(=O)c1ccc(-c2cnn(C)c2C(=NN)NN)cn1. The number of hydrazone groups is 1. The van der Waals surface area contributed by atoms with Crippen LogP contribution in [0.5, 0.6) is 0 Å². The van der Waals surface area contributed by atoms with Crippen molar-refractivity contribution < 1.29 is 4.79 Å². The van der Waals surface area contributed by atoms with E-state index in [0.29, 0.717) is 11.5 Å². The lowest BCUT2D eigenvalue weighted by Gasteiger charge is -2.09. The lowest BCUT2D eigenvalue weighted by atomic mass is 10.1. The van der Waals surface area contributed by atoms with Gasteiger partial charge < -0.3 is 16.6 Å². The number of nitrogens with one attached hydrogen (secondary N) is 2. The van der Waals surface area contributed by atoms with Crippen LogP contribution in [-0.2, 0) is 7.05 Å².